The number of ether oxygens (including phenoxy) is 3. The molecule has 0 fully saturated rings. The second-order valence-electron chi connectivity index (χ2n) is 8.32. The third-order valence-corrected chi connectivity index (χ3v) is 8.51. The molecule has 0 bridgehead atoms. The summed E-state index contributed by atoms with van der Waals surface area (Å²) < 4.78 is 48.0. The van der Waals surface area contributed by atoms with Gasteiger partial charge in [-0.05, 0) is 56.7 Å². The van der Waals surface area contributed by atoms with Gasteiger partial charge in [-0.3, -0.25) is 19.3 Å². The van der Waals surface area contributed by atoms with E-state index in [9.17, 15) is 8.42 Å². The van der Waals surface area contributed by atoms with E-state index in [1.165, 1.54) is 33.1 Å². The number of benzene rings is 1. The van der Waals surface area contributed by atoms with Crippen molar-refractivity contribution in [2.45, 2.75) is 32.1 Å². The fourth-order valence-corrected chi connectivity index (χ4v) is 5.92. The Balaban J connectivity index is 2.09. The number of allylic oxidation sites excluding steroid dienone is 1. The van der Waals surface area contributed by atoms with E-state index in [2.05, 4.69) is 31.6 Å². The predicted molar refractivity (Wildman–Crippen MR) is 151 cm³/mol. The van der Waals surface area contributed by atoms with Crippen LogP contribution < -0.4 is 14.2 Å². The highest BCUT2D eigenvalue weighted by Gasteiger charge is 2.32. The Labute approximate surface area is 227 Å². The molecule has 0 saturated heterocycles. The maximum atomic E-state index is 13.5. The molecule has 3 rings (SSSR count). The molecule has 0 radical (unpaired) electrons. The quantitative estimate of drug-likeness (QED) is 0.307. The van der Waals surface area contributed by atoms with E-state index >= 15 is 0 Å². The number of nitrogens with one attached hydrogen (secondary N) is 1. The summed E-state index contributed by atoms with van der Waals surface area (Å²) in [5.41, 5.74) is 2.69. The summed E-state index contributed by atoms with van der Waals surface area (Å²) in [6.07, 6.45) is 2.72. The number of aryl methyl sites for hydroxylation is 1. The van der Waals surface area contributed by atoms with Crippen LogP contribution in [0.5, 0.6) is 11.5 Å². The number of nitrogens with zero attached hydrogens (tertiary/aromatic N) is 5. The number of para-hydroxylation sites is 1. The van der Waals surface area contributed by atoms with Gasteiger partial charge in [-0.25, -0.2) is 8.42 Å². The van der Waals surface area contributed by atoms with E-state index < -0.39 is 21.4 Å². The van der Waals surface area contributed by atoms with Crippen LogP contribution in [0.15, 0.2) is 52.8 Å². The van der Waals surface area contributed by atoms with Crippen LogP contribution in [-0.2, 0) is 14.8 Å². The molecule has 0 aliphatic rings. The van der Waals surface area contributed by atoms with Crippen molar-refractivity contribution in [1.29, 1.82) is 0 Å². The highest BCUT2D eigenvalue weighted by Crippen LogP contribution is 2.38. The number of rotatable bonds is 13. The molecule has 2 aromatic heterocycles. The number of aromatic nitrogens is 4. The minimum Gasteiger partial charge on any atom is -0.494 e. The SMILES string of the molecule is C=N/C(C)=C\SC[C@@H](OC)[C@H](C)S(=O)(=O)Nc1nnc(-c2cncc(C)c2)n1-c1c(OC)cccc1OC. The van der Waals surface area contributed by atoms with Gasteiger partial charge in [-0.2, -0.15) is 0 Å². The molecule has 204 valence electrons. The van der Waals surface area contributed by atoms with Gasteiger partial charge < -0.3 is 14.2 Å². The van der Waals surface area contributed by atoms with Crippen LogP contribution in [0.2, 0.25) is 0 Å². The third-order valence-electron chi connectivity index (χ3n) is 5.73. The number of hydrogen-bond acceptors (Lipinski definition) is 10. The first-order valence-corrected chi connectivity index (χ1v) is 14.1. The second-order valence-corrected chi connectivity index (χ2v) is 11.3. The van der Waals surface area contributed by atoms with E-state index in [-0.39, 0.29) is 5.95 Å². The zero-order valence-electron chi connectivity index (χ0n) is 22.2. The maximum Gasteiger partial charge on any atom is 0.243 e. The minimum atomic E-state index is -3.99. The molecule has 0 amide bonds. The molecule has 2 heterocycles. The Kier molecular flexibility index (Phi) is 9.89. The molecule has 38 heavy (non-hydrogen) atoms. The molecule has 0 spiro atoms. The third kappa shape index (κ3) is 6.52. The van der Waals surface area contributed by atoms with Gasteiger partial charge in [0.05, 0.1) is 20.3 Å². The normalized spacial score (nSPS) is 13.6. The maximum absolute atomic E-state index is 13.5. The number of hydrogen-bond donors (Lipinski definition) is 1. The number of aliphatic imine (C=N–C) groups is 1. The highest BCUT2D eigenvalue weighted by molar-refractivity contribution is 8.02. The summed E-state index contributed by atoms with van der Waals surface area (Å²) in [6, 6.07) is 7.12. The molecular weight excluding hydrogens is 528 g/mol. The monoisotopic (exact) mass is 560 g/mol. The van der Waals surface area contributed by atoms with Crippen molar-refractivity contribution >= 4 is 34.5 Å². The zero-order chi connectivity index (χ0) is 27.9. The number of methoxy groups -OCH3 is 3. The molecule has 0 saturated carbocycles. The van der Waals surface area contributed by atoms with Gasteiger partial charge >= 0.3 is 0 Å². The summed E-state index contributed by atoms with van der Waals surface area (Å²) in [7, 11) is 0.514. The first-order chi connectivity index (χ1) is 18.2. The Hall–Kier alpha value is -3.42. The van der Waals surface area contributed by atoms with Crippen LogP contribution in [0.4, 0.5) is 5.95 Å². The van der Waals surface area contributed by atoms with Crippen molar-refractivity contribution in [2.75, 3.05) is 31.8 Å². The van der Waals surface area contributed by atoms with E-state index in [4.69, 9.17) is 14.2 Å². The van der Waals surface area contributed by atoms with Gasteiger partial charge in [0.1, 0.15) is 22.4 Å². The van der Waals surface area contributed by atoms with Crippen LogP contribution >= 0.6 is 11.8 Å². The first kappa shape index (κ1) is 29.1. The number of sulfonamides is 1. The molecule has 0 aliphatic heterocycles. The summed E-state index contributed by atoms with van der Waals surface area (Å²) in [5.74, 6) is 1.57. The number of thioether (sulfide) groups is 1. The molecule has 13 heteroatoms. The van der Waals surface area contributed by atoms with Gasteiger partial charge in [0.2, 0.25) is 16.0 Å². The van der Waals surface area contributed by atoms with Gasteiger partial charge in [0.15, 0.2) is 5.82 Å². The Morgan fingerprint density at radius 3 is 2.47 bits per heavy atom. The van der Waals surface area contributed by atoms with Crippen molar-refractivity contribution in [3.63, 3.8) is 0 Å². The van der Waals surface area contributed by atoms with Crippen LogP contribution in [0.25, 0.3) is 17.1 Å². The summed E-state index contributed by atoms with van der Waals surface area (Å²) >= 11 is 1.40. The number of anilines is 1. The molecule has 1 aromatic carbocycles. The van der Waals surface area contributed by atoms with E-state index in [1.807, 2.05) is 19.9 Å². The number of pyridine rings is 1. The van der Waals surface area contributed by atoms with E-state index in [0.29, 0.717) is 34.3 Å². The Morgan fingerprint density at radius 2 is 1.89 bits per heavy atom. The van der Waals surface area contributed by atoms with Gasteiger partial charge in [0.25, 0.3) is 0 Å². The molecule has 2 atom stereocenters. The summed E-state index contributed by atoms with van der Waals surface area (Å²) in [4.78, 5) is 8.09. The van der Waals surface area contributed by atoms with Gasteiger partial charge in [-0.1, -0.05) is 6.07 Å². The molecule has 0 unspecified atom stereocenters. The molecule has 11 nitrogen and oxygen atoms in total. The summed E-state index contributed by atoms with van der Waals surface area (Å²) in [6.45, 7) is 8.77. The summed E-state index contributed by atoms with van der Waals surface area (Å²) in [5, 5.41) is 9.40. The average Bonchev–Trinajstić information content (AvgIpc) is 3.32. The molecule has 0 aliphatic carbocycles. The lowest BCUT2D eigenvalue weighted by atomic mass is 10.2. The van der Waals surface area contributed by atoms with Crippen LogP contribution in [0, 0.1) is 6.92 Å². The zero-order valence-corrected chi connectivity index (χ0v) is 23.8. The molecular formula is C25H32N6O5S2. The fraction of sp³-hybridized carbons (Fsp3) is 0.360. The molecule has 1 N–H and O–H groups in total. The average molecular weight is 561 g/mol. The second kappa shape index (κ2) is 12.9. The fourth-order valence-electron chi connectivity index (χ4n) is 3.59. The largest absolute Gasteiger partial charge is 0.494 e. The van der Waals surface area contributed by atoms with Gasteiger partial charge in [0, 0.05) is 36.5 Å². The van der Waals surface area contributed by atoms with Gasteiger partial charge in [-0.15, -0.1) is 22.0 Å². The van der Waals surface area contributed by atoms with Crippen LogP contribution in [0.1, 0.15) is 19.4 Å². The smallest absolute Gasteiger partial charge is 0.243 e. The predicted octanol–water partition coefficient (Wildman–Crippen LogP) is 4.10. The van der Waals surface area contributed by atoms with Crippen LogP contribution in [-0.4, -0.2) is 73.3 Å². The van der Waals surface area contributed by atoms with E-state index in [1.54, 1.807) is 47.5 Å². The van der Waals surface area contributed by atoms with Crippen molar-refractivity contribution in [2.24, 2.45) is 4.99 Å². The van der Waals surface area contributed by atoms with Crippen molar-refractivity contribution in [3.05, 3.63) is 53.3 Å². The Bertz CT molecular complexity index is 1380. The van der Waals surface area contributed by atoms with E-state index in [0.717, 1.165) is 11.3 Å². The lowest BCUT2D eigenvalue weighted by Crippen LogP contribution is -2.38. The van der Waals surface area contributed by atoms with Crippen molar-refractivity contribution in [3.8, 4) is 28.6 Å². The minimum absolute atomic E-state index is 0.0368. The standard InChI is InChI=1S/C25H32N6O5S2/c1-16-11-19(13-27-12-16)24-28-29-25(31(24)23-20(34-5)9-8-10-21(23)35-6)30-38(32,33)18(3)22(36-7)15-37-14-17(2)26-4/h8-14,18,22H,4,15H2,1-3,5-7H3,(H,29,30)/b17-14-/t18-,22+/m0/s1. The Morgan fingerprint density at radius 1 is 1.21 bits per heavy atom. The lowest BCUT2D eigenvalue weighted by Gasteiger charge is -2.23. The molecule has 3 aromatic rings. The lowest BCUT2D eigenvalue weighted by molar-refractivity contribution is 0.121. The van der Waals surface area contributed by atoms with Crippen molar-refractivity contribution in [1.82, 2.24) is 19.7 Å². The van der Waals surface area contributed by atoms with Crippen LogP contribution in [0.3, 0.4) is 0 Å². The van der Waals surface area contributed by atoms with Crippen molar-refractivity contribution < 1.29 is 22.6 Å². The first-order valence-electron chi connectivity index (χ1n) is 11.5. The topological polar surface area (TPSA) is 130 Å². The highest BCUT2D eigenvalue weighted by atomic mass is 32.2.